The minimum absolute atomic E-state index is 0.00662. The van der Waals surface area contributed by atoms with Crippen LogP contribution in [-0.4, -0.2) is 36.8 Å². The zero-order valence-electron chi connectivity index (χ0n) is 25.4. The second kappa shape index (κ2) is 11.6. The summed E-state index contributed by atoms with van der Waals surface area (Å²) in [6.45, 7) is 7.40. The Labute approximate surface area is 267 Å². The van der Waals surface area contributed by atoms with Crippen molar-refractivity contribution in [2.45, 2.75) is 32.6 Å². The molecule has 10 nitrogen and oxygen atoms in total. The number of hydrogen-bond donors (Lipinski definition) is 3. The minimum atomic E-state index is -4.58. The molecule has 0 saturated heterocycles. The third kappa shape index (κ3) is 5.83. The summed E-state index contributed by atoms with van der Waals surface area (Å²) in [7, 11) is -9.06. The number of hydrogen-bond acceptors (Lipinski definition) is 7. The van der Waals surface area contributed by atoms with Crippen molar-refractivity contribution in [3.63, 3.8) is 0 Å². The molecule has 46 heavy (non-hydrogen) atoms. The first-order valence-corrected chi connectivity index (χ1v) is 17.1. The minimum Gasteiger partial charge on any atom is -0.456 e. The van der Waals surface area contributed by atoms with Gasteiger partial charge in [0.15, 0.2) is 0 Å². The summed E-state index contributed by atoms with van der Waals surface area (Å²) in [5.41, 5.74) is 6.85. The van der Waals surface area contributed by atoms with Gasteiger partial charge in [-0.05, 0) is 74.7 Å². The molecule has 236 valence electrons. The second-order valence-corrected chi connectivity index (χ2v) is 13.9. The summed E-state index contributed by atoms with van der Waals surface area (Å²) in [4.78, 5) is 4.63. The summed E-state index contributed by atoms with van der Waals surface area (Å²) in [5.74, 6) is 0.430. The number of benzene rings is 4. The lowest BCUT2D eigenvalue weighted by molar-refractivity contribution is 0.403. The Morgan fingerprint density at radius 3 is 2.24 bits per heavy atom. The van der Waals surface area contributed by atoms with E-state index in [4.69, 9.17) is 9.41 Å². The number of nitrogens with one attached hydrogen (secondary N) is 1. The van der Waals surface area contributed by atoms with Crippen LogP contribution in [0.1, 0.15) is 25.0 Å². The quantitative estimate of drug-likeness (QED) is 0.130. The van der Waals surface area contributed by atoms with E-state index in [0.717, 1.165) is 26.7 Å². The molecule has 0 fully saturated rings. The molecule has 2 heterocycles. The molecule has 0 radical (unpaired) electrons. The molecule has 0 unspecified atom stereocenters. The molecule has 12 heteroatoms. The van der Waals surface area contributed by atoms with Gasteiger partial charge < -0.3 is 9.73 Å². The van der Waals surface area contributed by atoms with Crippen molar-refractivity contribution in [2.24, 2.45) is 4.99 Å². The summed E-state index contributed by atoms with van der Waals surface area (Å²) in [6.07, 6.45) is 1.69. The molecule has 2 aliphatic heterocycles. The van der Waals surface area contributed by atoms with E-state index in [0.29, 0.717) is 55.9 Å². The van der Waals surface area contributed by atoms with Crippen LogP contribution in [0.25, 0.3) is 33.4 Å². The van der Waals surface area contributed by atoms with Gasteiger partial charge in [-0.1, -0.05) is 42.5 Å². The first-order chi connectivity index (χ1) is 21.7. The van der Waals surface area contributed by atoms with E-state index >= 15 is 0 Å². The van der Waals surface area contributed by atoms with E-state index < -0.39 is 20.4 Å². The summed E-state index contributed by atoms with van der Waals surface area (Å²) < 4.78 is 76.1. The molecule has 0 aromatic heterocycles. The number of anilines is 1. The first-order valence-electron chi connectivity index (χ1n) is 14.3. The van der Waals surface area contributed by atoms with Crippen LogP contribution < -0.4 is 10.7 Å². The van der Waals surface area contributed by atoms with Crippen LogP contribution in [0.4, 0.5) is 11.4 Å². The van der Waals surface area contributed by atoms with Crippen molar-refractivity contribution < 1.29 is 30.4 Å². The van der Waals surface area contributed by atoms with Crippen LogP contribution in [0.5, 0.6) is 0 Å². The zero-order valence-corrected chi connectivity index (χ0v) is 27.1. The lowest BCUT2D eigenvalue weighted by atomic mass is 9.93. The van der Waals surface area contributed by atoms with Crippen LogP contribution in [0, 0.1) is 13.8 Å². The number of allylic oxidation sites excluding steroid dienone is 2. The monoisotopic (exact) mass is 657 g/mol. The number of nitrogens with zero attached hydrogens (tertiary/aromatic N) is 2. The van der Waals surface area contributed by atoms with Gasteiger partial charge in [0.05, 0.1) is 29.0 Å². The Balaban J connectivity index is 1.60. The van der Waals surface area contributed by atoms with Crippen molar-refractivity contribution in [3.05, 3.63) is 118 Å². The van der Waals surface area contributed by atoms with Crippen molar-refractivity contribution in [1.82, 2.24) is 4.31 Å². The average molecular weight is 658 g/mol. The highest BCUT2D eigenvalue weighted by atomic mass is 32.2. The lowest BCUT2D eigenvalue weighted by Crippen LogP contribution is -2.33. The molecule has 0 atom stereocenters. The van der Waals surface area contributed by atoms with Gasteiger partial charge >= 0.3 is 10.3 Å². The molecule has 3 N–H and O–H groups in total. The summed E-state index contributed by atoms with van der Waals surface area (Å²) >= 11 is 0. The van der Waals surface area contributed by atoms with Crippen molar-refractivity contribution in [1.29, 1.82) is 0 Å². The average Bonchev–Trinajstić information content (AvgIpc) is 2.98. The largest absolute Gasteiger partial charge is 0.456 e. The fourth-order valence-corrected chi connectivity index (χ4v) is 7.19. The fourth-order valence-electron chi connectivity index (χ4n) is 5.80. The van der Waals surface area contributed by atoms with Gasteiger partial charge in [-0.25, -0.2) is 9.30 Å². The Kier molecular flexibility index (Phi) is 7.85. The lowest BCUT2D eigenvalue weighted by Gasteiger charge is -2.28. The molecule has 3 aliphatic rings. The normalized spacial score (nSPS) is 14.7. The number of para-hydroxylation sites is 1. The van der Waals surface area contributed by atoms with E-state index in [1.807, 2.05) is 51.1 Å². The maximum Gasteiger partial charge on any atom is 0.360 e. The number of rotatable bonds is 6. The van der Waals surface area contributed by atoms with Gasteiger partial charge in [0.2, 0.25) is 0 Å². The van der Waals surface area contributed by atoms with E-state index in [2.05, 4.69) is 5.32 Å². The van der Waals surface area contributed by atoms with E-state index in [-0.39, 0.29) is 11.4 Å². The zero-order chi connectivity index (χ0) is 33.0. The van der Waals surface area contributed by atoms with Crippen molar-refractivity contribution in [3.8, 4) is 22.5 Å². The molecular weight excluding hydrogens is 627 g/mol. The fraction of sp³-hybridized carbons (Fsp3) is 0.147. The molecule has 0 amide bonds. The first kappa shape index (κ1) is 31.2. The van der Waals surface area contributed by atoms with Crippen LogP contribution in [-0.2, 0) is 20.4 Å². The summed E-state index contributed by atoms with van der Waals surface area (Å²) in [6, 6.07) is 22.8. The van der Waals surface area contributed by atoms with Gasteiger partial charge in [-0.2, -0.15) is 16.8 Å². The maximum atomic E-state index is 12.5. The van der Waals surface area contributed by atoms with E-state index in [9.17, 15) is 25.9 Å². The molecule has 0 bridgehead atoms. The standard InChI is InChI=1S/C34H31N3O7S2/c1-20-8-7-9-21(2)33(20)35-24-12-14-26-29(18-24)44-30-19-25(36-34-22(3)16-17-37(23(34)4)46(41,42)43)13-15-27(30)32(26)28-10-5-6-11-31(28)45(38,39)40/h5-16,18-19,36H,17H2,1-4H3,(H,38,39,40)(H,41,42,43). The second-order valence-electron chi connectivity index (χ2n) is 11.2. The highest BCUT2D eigenvalue weighted by molar-refractivity contribution is 7.86. The molecule has 0 spiro atoms. The number of fused-ring (bicyclic) bond motifs is 2. The number of aryl methyl sites for hydroxylation is 2. The Morgan fingerprint density at radius 1 is 0.826 bits per heavy atom. The van der Waals surface area contributed by atoms with Crippen LogP contribution in [0.15, 0.2) is 116 Å². The highest BCUT2D eigenvalue weighted by Crippen LogP contribution is 2.43. The van der Waals surface area contributed by atoms with Gasteiger partial charge in [0.25, 0.3) is 10.1 Å². The molecule has 0 saturated carbocycles. The molecule has 1 aliphatic carbocycles. The molecule has 3 aromatic rings. The van der Waals surface area contributed by atoms with Gasteiger partial charge in [0.1, 0.15) is 16.2 Å². The predicted molar refractivity (Wildman–Crippen MR) is 178 cm³/mol. The highest BCUT2D eigenvalue weighted by Gasteiger charge is 2.26. The van der Waals surface area contributed by atoms with Crippen molar-refractivity contribution in [2.75, 3.05) is 11.9 Å². The van der Waals surface area contributed by atoms with E-state index in [1.54, 1.807) is 55.5 Å². The topological polar surface area (TPSA) is 150 Å². The van der Waals surface area contributed by atoms with Gasteiger partial charge in [-0.3, -0.25) is 9.11 Å². The molecule has 6 rings (SSSR count). The van der Waals surface area contributed by atoms with Crippen LogP contribution in [0.2, 0.25) is 0 Å². The van der Waals surface area contributed by atoms with Crippen LogP contribution in [0.3, 0.4) is 0 Å². The maximum absolute atomic E-state index is 12.5. The smallest absolute Gasteiger partial charge is 0.360 e. The molecular formula is C34H31N3O7S2. The van der Waals surface area contributed by atoms with Crippen LogP contribution >= 0.6 is 0 Å². The third-order valence-electron chi connectivity index (χ3n) is 8.06. The predicted octanol–water partition coefficient (Wildman–Crippen LogP) is 7.01. The Morgan fingerprint density at radius 2 is 1.54 bits per heavy atom. The SMILES string of the molecule is CC1=CCN(S(=O)(=O)O)C(C)=C1Nc1ccc2c(-c3ccccc3S(=O)(=O)O)c3ccc(=Nc4c(C)cccc4C)cc-3oc2c1. The third-order valence-corrected chi connectivity index (χ3v) is 9.95. The Bertz CT molecular complexity index is 2350. The molecule has 3 aromatic carbocycles. The van der Waals surface area contributed by atoms with Gasteiger partial charge in [0, 0.05) is 39.9 Å². The van der Waals surface area contributed by atoms with E-state index in [1.165, 1.54) is 6.07 Å². The summed E-state index contributed by atoms with van der Waals surface area (Å²) in [5, 5.41) is 4.46. The van der Waals surface area contributed by atoms with Crippen molar-refractivity contribution >= 4 is 42.8 Å². The Hall–Kier alpha value is -4.75. The van der Waals surface area contributed by atoms with Gasteiger partial charge in [-0.15, -0.1) is 0 Å².